The summed E-state index contributed by atoms with van der Waals surface area (Å²) in [6.45, 7) is 9.16. The second kappa shape index (κ2) is 10.9. The number of benzene rings is 6. The lowest BCUT2D eigenvalue weighted by Gasteiger charge is -2.24. The van der Waals surface area contributed by atoms with Crippen LogP contribution in [0.25, 0.3) is 83.0 Å². The van der Waals surface area contributed by atoms with E-state index in [1.54, 1.807) is 0 Å². The van der Waals surface area contributed by atoms with Crippen molar-refractivity contribution in [3.63, 3.8) is 0 Å². The third kappa shape index (κ3) is 4.36. The normalized spacial score (nSPS) is 12.1. The topological polar surface area (TPSA) is 43.9 Å². The fraction of sp³-hybridized carbons (Fsp3) is 0.136. The second-order valence-corrected chi connectivity index (χ2v) is 13.4. The van der Waals surface area contributed by atoms with Crippen LogP contribution in [0.4, 0.5) is 0 Å². The van der Waals surface area contributed by atoms with Crippen LogP contribution in [-0.2, 0) is 0 Å². The van der Waals surface area contributed by atoms with Gasteiger partial charge in [0.2, 0.25) is 0 Å². The van der Waals surface area contributed by atoms with E-state index < -0.39 is 0 Å². The third-order valence-corrected chi connectivity index (χ3v) is 9.70. The molecule has 0 atom stereocenters. The van der Waals surface area contributed by atoms with Gasteiger partial charge in [0.25, 0.3) is 0 Å². The van der Waals surface area contributed by atoms with Crippen LogP contribution in [0, 0.1) is 0 Å². The van der Waals surface area contributed by atoms with Crippen molar-refractivity contribution in [2.75, 3.05) is 0 Å². The van der Waals surface area contributed by atoms with Gasteiger partial charge in [-0.25, -0.2) is 9.97 Å². The van der Waals surface area contributed by atoms with Gasteiger partial charge >= 0.3 is 0 Å². The first-order valence-corrected chi connectivity index (χ1v) is 16.8. The molecule has 0 aliphatic heterocycles. The van der Waals surface area contributed by atoms with E-state index in [1.807, 2.05) is 6.07 Å². The van der Waals surface area contributed by atoms with E-state index in [2.05, 4.69) is 154 Å². The van der Waals surface area contributed by atoms with E-state index in [1.165, 1.54) is 27.9 Å². The van der Waals surface area contributed by atoms with Crippen molar-refractivity contribution >= 4 is 54.8 Å². The zero-order valence-electron chi connectivity index (χ0n) is 27.5. The molecule has 4 nitrogen and oxygen atoms in total. The monoisotopic (exact) mass is 621 g/mol. The van der Waals surface area contributed by atoms with Crippen molar-refractivity contribution < 1.29 is 4.42 Å². The summed E-state index contributed by atoms with van der Waals surface area (Å²) in [5.74, 6) is 1.45. The Hall–Kier alpha value is -5.74. The number of rotatable bonds is 5. The minimum absolute atomic E-state index is 0.283. The predicted molar refractivity (Wildman–Crippen MR) is 200 cm³/mol. The van der Waals surface area contributed by atoms with Gasteiger partial charge < -0.3 is 4.42 Å². The maximum absolute atomic E-state index is 6.80. The number of furan rings is 1. The maximum Gasteiger partial charge on any atom is 0.149 e. The highest BCUT2D eigenvalue weighted by molar-refractivity contribution is 6.21. The molecular formula is C44H35N3O. The third-order valence-electron chi connectivity index (χ3n) is 9.70. The molecule has 0 unspecified atom stereocenters. The van der Waals surface area contributed by atoms with E-state index in [4.69, 9.17) is 14.4 Å². The quantitative estimate of drug-likeness (QED) is 0.180. The van der Waals surface area contributed by atoms with Crippen molar-refractivity contribution in [3.8, 4) is 28.2 Å². The lowest BCUT2D eigenvalue weighted by atomic mass is 9.88. The Kier molecular flexibility index (Phi) is 6.48. The van der Waals surface area contributed by atoms with E-state index in [0.717, 1.165) is 66.2 Å². The summed E-state index contributed by atoms with van der Waals surface area (Å²) in [5.41, 5.74) is 12.9. The average molecular weight is 622 g/mol. The minimum Gasteiger partial charge on any atom is -0.455 e. The molecule has 0 saturated carbocycles. The van der Waals surface area contributed by atoms with Crippen LogP contribution >= 0.6 is 0 Å². The first-order valence-electron chi connectivity index (χ1n) is 16.8. The fourth-order valence-corrected chi connectivity index (χ4v) is 7.37. The summed E-state index contributed by atoms with van der Waals surface area (Å²) in [5, 5.41) is 4.36. The van der Waals surface area contributed by atoms with Crippen LogP contribution in [0.3, 0.4) is 0 Å². The maximum atomic E-state index is 6.80. The predicted octanol–water partition coefficient (Wildman–Crippen LogP) is 12.2. The molecule has 3 heterocycles. The summed E-state index contributed by atoms with van der Waals surface area (Å²) in [6.07, 6.45) is 0. The van der Waals surface area contributed by atoms with E-state index in [9.17, 15) is 0 Å². The number of aromatic nitrogens is 3. The molecule has 48 heavy (non-hydrogen) atoms. The summed E-state index contributed by atoms with van der Waals surface area (Å²) < 4.78 is 9.19. The van der Waals surface area contributed by atoms with Gasteiger partial charge in [-0.2, -0.15) is 0 Å². The van der Waals surface area contributed by atoms with Gasteiger partial charge in [-0.05, 0) is 88.7 Å². The van der Waals surface area contributed by atoms with Gasteiger partial charge in [0.15, 0.2) is 0 Å². The Morgan fingerprint density at radius 3 is 2.04 bits per heavy atom. The molecule has 0 bridgehead atoms. The molecule has 0 amide bonds. The molecule has 9 rings (SSSR count). The summed E-state index contributed by atoms with van der Waals surface area (Å²) in [6, 6.07) is 45.1. The number of para-hydroxylation sites is 4. The van der Waals surface area contributed by atoms with Crippen molar-refractivity contribution in [1.29, 1.82) is 0 Å². The molecule has 4 heteroatoms. The van der Waals surface area contributed by atoms with Gasteiger partial charge in [0.1, 0.15) is 17.0 Å². The molecule has 0 N–H and O–H groups in total. The molecule has 0 spiro atoms. The molecule has 0 fully saturated rings. The average Bonchev–Trinajstić information content (AvgIpc) is 3.69. The zero-order valence-corrected chi connectivity index (χ0v) is 27.5. The SMILES string of the molecule is CC(C)c1cc(-c2ccccc2)cc(C(C)C)c1-n1c(-c2cccc3c2oc2ccc4nc5ccccc5cc4c23)nc2ccccc21. The Morgan fingerprint density at radius 1 is 0.562 bits per heavy atom. The zero-order chi connectivity index (χ0) is 32.5. The Balaban J connectivity index is 1.36. The van der Waals surface area contributed by atoms with E-state index >= 15 is 0 Å². The Morgan fingerprint density at radius 2 is 1.27 bits per heavy atom. The minimum atomic E-state index is 0.283. The first-order chi connectivity index (χ1) is 23.5. The van der Waals surface area contributed by atoms with E-state index in [-0.39, 0.29) is 11.8 Å². The number of pyridine rings is 1. The standard InChI is InChI=1S/C44H35N3O/c1-26(2)33-24-30(28-13-6-5-7-14-28)25-34(27(3)4)42(33)47-39-20-11-10-19-38(39)46-44(47)32-17-12-16-31-41-35-23-29-15-8-9-18-36(29)45-37(35)21-22-40(41)48-43(31)32/h5-27H,1-4H3. The van der Waals surface area contributed by atoms with Crippen LogP contribution in [0.15, 0.2) is 132 Å². The number of hydrogen-bond donors (Lipinski definition) is 0. The van der Waals surface area contributed by atoms with Crippen molar-refractivity contribution in [2.45, 2.75) is 39.5 Å². The lowest BCUT2D eigenvalue weighted by molar-refractivity contribution is 0.669. The van der Waals surface area contributed by atoms with Gasteiger partial charge in [0, 0.05) is 21.5 Å². The second-order valence-electron chi connectivity index (χ2n) is 13.4. The number of nitrogens with zero attached hydrogens (tertiary/aromatic N) is 3. The molecule has 0 radical (unpaired) electrons. The molecule has 0 aliphatic carbocycles. The highest BCUT2D eigenvalue weighted by atomic mass is 16.3. The molecule has 9 aromatic rings. The number of fused-ring (bicyclic) bond motifs is 7. The summed E-state index contributed by atoms with van der Waals surface area (Å²) in [7, 11) is 0. The van der Waals surface area contributed by atoms with Crippen molar-refractivity contribution in [1.82, 2.24) is 14.5 Å². The van der Waals surface area contributed by atoms with Gasteiger partial charge in [0.05, 0.1) is 33.3 Å². The Labute approximate surface area is 279 Å². The number of imidazole rings is 1. The van der Waals surface area contributed by atoms with Crippen LogP contribution in [-0.4, -0.2) is 14.5 Å². The highest BCUT2D eigenvalue weighted by Gasteiger charge is 2.25. The van der Waals surface area contributed by atoms with Crippen LogP contribution in [0.1, 0.15) is 50.7 Å². The van der Waals surface area contributed by atoms with E-state index in [0.29, 0.717) is 0 Å². The van der Waals surface area contributed by atoms with Gasteiger partial charge in [-0.1, -0.05) is 100 Å². The highest BCUT2D eigenvalue weighted by Crippen LogP contribution is 2.43. The molecule has 0 saturated heterocycles. The van der Waals surface area contributed by atoms with Gasteiger partial charge in [-0.15, -0.1) is 0 Å². The molecule has 3 aromatic heterocycles. The molecular weight excluding hydrogens is 587 g/mol. The first kappa shape index (κ1) is 28.5. The van der Waals surface area contributed by atoms with Crippen molar-refractivity contribution in [3.05, 3.63) is 139 Å². The number of hydrogen-bond acceptors (Lipinski definition) is 3. The molecule has 232 valence electrons. The molecule has 6 aromatic carbocycles. The smallest absolute Gasteiger partial charge is 0.149 e. The van der Waals surface area contributed by atoms with Crippen LogP contribution in [0.5, 0.6) is 0 Å². The van der Waals surface area contributed by atoms with Crippen LogP contribution < -0.4 is 0 Å². The van der Waals surface area contributed by atoms with Crippen LogP contribution in [0.2, 0.25) is 0 Å². The summed E-state index contributed by atoms with van der Waals surface area (Å²) in [4.78, 5) is 10.4. The summed E-state index contributed by atoms with van der Waals surface area (Å²) >= 11 is 0. The lowest BCUT2D eigenvalue weighted by Crippen LogP contribution is -2.09. The Bertz CT molecular complexity index is 2650. The van der Waals surface area contributed by atoms with Gasteiger partial charge in [-0.3, -0.25) is 4.57 Å². The molecule has 0 aliphatic rings. The fourth-order valence-electron chi connectivity index (χ4n) is 7.37. The van der Waals surface area contributed by atoms with Crippen molar-refractivity contribution in [2.24, 2.45) is 0 Å². The largest absolute Gasteiger partial charge is 0.455 e.